The average Bonchev–Trinajstić information content (AvgIpc) is 2.44. The number of ether oxygens (including phenoxy) is 1. The molecule has 0 fully saturated rings. The van der Waals surface area contributed by atoms with Crippen molar-refractivity contribution in [2.75, 3.05) is 20.7 Å². The second kappa shape index (κ2) is 7.65. The largest absolute Gasteiger partial charge is 0.497 e. The Morgan fingerprint density at radius 3 is 2.60 bits per heavy atom. The Balaban J connectivity index is 2.72. The maximum Gasteiger partial charge on any atom is 0.119 e. The first-order valence-electron chi connectivity index (χ1n) is 7.45. The molecule has 1 aromatic carbocycles. The van der Waals surface area contributed by atoms with Gasteiger partial charge in [-0.1, -0.05) is 26.0 Å². The molecule has 0 saturated carbocycles. The lowest BCUT2D eigenvalue weighted by atomic mass is 9.90. The quantitative estimate of drug-likeness (QED) is 0.793. The zero-order valence-corrected chi connectivity index (χ0v) is 13.6. The minimum absolute atomic E-state index is 0.0490. The second-order valence-electron chi connectivity index (χ2n) is 6.34. The van der Waals surface area contributed by atoms with Crippen LogP contribution in [0.5, 0.6) is 5.75 Å². The Bertz CT molecular complexity index is 406. The summed E-state index contributed by atoms with van der Waals surface area (Å²) >= 11 is 0. The van der Waals surface area contributed by atoms with Crippen LogP contribution in [0.4, 0.5) is 0 Å². The van der Waals surface area contributed by atoms with E-state index in [1.54, 1.807) is 7.11 Å². The van der Waals surface area contributed by atoms with Gasteiger partial charge < -0.3 is 10.5 Å². The molecule has 1 rings (SSSR count). The van der Waals surface area contributed by atoms with Crippen molar-refractivity contribution in [1.82, 2.24) is 4.90 Å². The van der Waals surface area contributed by atoms with Crippen LogP contribution in [0.15, 0.2) is 24.3 Å². The topological polar surface area (TPSA) is 38.5 Å². The highest BCUT2D eigenvalue weighted by Gasteiger charge is 2.27. The van der Waals surface area contributed by atoms with Crippen LogP contribution < -0.4 is 10.5 Å². The van der Waals surface area contributed by atoms with E-state index in [2.05, 4.69) is 44.9 Å². The van der Waals surface area contributed by atoms with Gasteiger partial charge in [-0.15, -0.1) is 0 Å². The summed E-state index contributed by atoms with van der Waals surface area (Å²) in [6.45, 7) is 8.36. The molecule has 0 saturated heterocycles. The van der Waals surface area contributed by atoms with Crippen molar-refractivity contribution in [2.24, 2.45) is 11.7 Å². The van der Waals surface area contributed by atoms with Gasteiger partial charge in [-0.3, -0.25) is 4.90 Å². The lowest BCUT2D eigenvalue weighted by molar-refractivity contribution is 0.119. The van der Waals surface area contributed by atoms with Gasteiger partial charge in [0.2, 0.25) is 0 Å². The lowest BCUT2D eigenvalue weighted by Crippen LogP contribution is -2.49. The summed E-state index contributed by atoms with van der Waals surface area (Å²) in [6.07, 6.45) is 2.33. The summed E-state index contributed by atoms with van der Waals surface area (Å²) < 4.78 is 5.28. The highest BCUT2D eigenvalue weighted by molar-refractivity contribution is 5.28. The fourth-order valence-electron chi connectivity index (χ4n) is 2.28. The first-order valence-corrected chi connectivity index (χ1v) is 7.45. The molecular weight excluding hydrogens is 248 g/mol. The van der Waals surface area contributed by atoms with Gasteiger partial charge in [0.15, 0.2) is 0 Å². The van der Waals surface area contributed by atoms with Gasteiger partial charge in [-0.25, -0.2) is 0 Å². The Labute approximate surface area is 124 Å². The predicted octanol–water partition coefficient (Wildman–Crippen LogP) is 3.28. The van der Waals surface area contributed by atoms with E-state index >= 15 is 0 Å². The molecule has 1 atom stereocenters. The summed E-state index contributed by atoms with van der Waals surface area (Å²) in [5, 5.41) is 0. The first-order chi connectivity index (χ1) is 9.41. The molecule has 3 nitrogen and oxygen atoms in total. The SMILES string of the molecule is COc1cccc(CN(C)C(C)(CN)CCC(C)C)c1. The molecule has 0 radical (unpaired) electrons. The summed E-state index contributed by atoms with van der Waals surface area (Å²) in [4.78, 5) is 2.37. The van der Waals surface area contributed by atoms with E-state index in [4.69, 9.17) is 10.5 Å². The van der Waals surface area contributed by atoms with Crippen LogP contribution in [0.3, 0.4) is 0 Å². The third-order valence-corrected chi connectivity index (χ3v) is 4.18. The van der Waals surface area contributed by atoms with Gasteiger partial charge in [-0.2, -0.15) is 0 Å². The first kappa shape index (κ1) is 17.0. The van der Waals surface area contributed by atoms with E-state index in [1.165, 1.54) is 12.0 Å². The van der Waals surface area contributed by atoms with E-state index in [9.17, 15) is 0 Å². The molecule has 20 heavy (non-hydrogen) atoms. The molecule has 1 aromatic rings. The van der Waals surface area contributed by atoms with Crippen molar-refractivity contribution in [3.8, 4) is 5.75 Å². The number of nitrogens with zero attached hydrogens (tertiary/aromatic N) is 1. The van der Waals surface area contributed by atoms with Crippen molar-refractivity contribution in [1.29, 1.82) is 0 Å². The summed E-state index contributed by atoms with van der Waals surface area (Å²) in [6, 6.07) is 8.24. The standard InChI is InChI=1S/C17H30N2O/c1-14(2)9-10-17(3,13-18)19(4)12-15-7-6-8-16(11-15)20-5/h6-8,11,14H,9-10,12-13,18H2,1-5H3. The van der Waals surface area contributed by atoms with Gasteiger partial charge in [0, 0.05) is 18.6 Å². The monoisotopic (exact) mass is 278 g/mol. The van der Waals surface area contributed by atoms with Crippen LogP contribution >= 0.6 is 0 Å². The molecule has 1 unspecified atom stereocenters. The van der Waals surface area contributed by atoms with E-state index in [0.29, 0.717) is 12.5 Å². The maximum absolute atomic E-state index is 6.04. The Morgan fingerprint density at radius 1 is 1.35 bits per heavy atom. The molecule has 0 aliphatic heterocycles. The molecule has 0 aromatic heterocycles. The fraction of sp³-hybridized carbons (Fsp3) is 0.647. The van der Waals surface area contributed by atoms with Crippen molar-refractivity contribution in [2.45, 2.75) is 45.7 Å². The predicted molar refractivity (Wildman–Crippen MR) is 86.0 cm³/mol. The van der Waals surface area contributed by atoms with Crippen LogP contribution in [0.1, 0.15) is 39.2 Å². The number of nitrogens with two attached hydrogens (primary N) is 1. The van der Waals surface area contributed by atoms with Gasteiger partial charge in [0.1, 0.15) is 5.75 Å². The Hall–Kier alpha value is -1.06. The molecule has 0 aliphatic carbocycles. The van der Waals surface area contributed by atoms with Gasteiger partial charge in [0.25, 0.3) is 0 Å². The van der Waals surface area contributed by atoms with Crippen LogP contribution in [0, 0.1) is 5.92 Å². The van der Waals surface area contributed by atoms with Gasteiger partial charge in [-0.05, 0) is 50.4 Å². The molecule has 114 valence electrons. The van der Waals surface area contributed by atoms with E-state index in [0.717, 1.165) is 18.7 Å². The third kappa shape index (κ3) is 4.80. The second-order valence-corrected chi connectivity index (χ2v) is 6.34. The zero-order valence-electron chi connectivity index (χ0n) is 13.6. The highest BCUT2D eigenvalue weighted by Crippen LogP contribution is 2.24. The summed E-state index contributed by atoms with van der Waals surface area (Å²) in [7, 11) is 3.86. The van der Waals surface area contributed by atoms with Crippen molar-refractivity contribution in [3.05, 3.63) is 29.8 Å². The minimum Gasteiger partial charge on any atom is -0.497 e. The number of likely N-dealkylation sites (N-methyl/N-ethyl adjacent to an activating group) is 1. The molecule has 0 spiro atoms. The van der Waals surface area contributed by atoms with Gasteiger partial charge >= 0.3 is 0 Å². The lowest BCUT2D eigenvalue weighted by Gasteiger charge is -2.39. The van der Waals surface area contributed by atoms with Crippen molar-refractivity contribution < 1.29 is 4.74 Å². The fourth-order valence-corrected chi connectivity index (χ4v) is 2.28. The van der Waals surface area contributed by atoms with Crippen molar-refractivity contribution in [3.63, 3.8) is 0 Å². The molecule has 2 N–H and O–H groups in total. The molecular formula is C17H30N2O. The number of methoxy groups -OCH3 is 1. The number of hydrogen-bond donors (Lipinski definition) is 1. The smallest absolute Gasteiger partial charge is 0.119 e. The Kier molecular flexibility index (Phi) is 6.50. The number of rotatable bonds is 8. The van der Waals surface area contributed by atoms with E-state index in [1.807, 2.05) is 12.1 Å². The van der Waals surface area contributed by atoms with Crippen LogP contribution in [-0.4, -0.2) is 31.1 Å². The summed E-state index contributed by atoms with van der Waals surface area (Å²) in [5.41, 5.74) is 7.35. The Morgan fingerprint density at radius 2 is 2.05 bits per heavy atom. The van der Waals surface area contributed by atoms with Gasteiger partial charge in [0.05, 0.1) is 7.11 Å². The maximum atomic E-state index is 6.04. The van der Waals surface area contributed by atoms with Crippen molar-refractivity contribution >= 4 is 0 Å². The molecule has 0 bridgehead atoms. The number of benzene rings is 1. The van der Waals surface area contributed by atoms with E-state index < -0.39 is 0 Å². The third-order valence-electron chi connectivity index (χ3n) is 4.18. The zero-order chi connectivity index (χ0) is 15.2. The van der Waals surface area contributed by atoms with Crippen LogP contribution in [0.25, 0.3) is 0 Å². The van der Waals surface area contributed by atoms with E-state index in [-0.39, 0.29) is 5.54 Å². The number of hydrogen-bond acceptors (Lipinski definition) is 3. The normalized spacial score (nSPS) is 14.6. The van der Waals surface area contributed by atoms with Crippen LogP contribution in [0.2, 0.25) is 0 Å². The highest BCUT2D eigenvalue weighted by atomic mass is 16.5. The molecule has 3 heteroatoms. The minimum atomic E-state index is 0.0490. The average molecular weight is 278 g/mol. The molecule has 0 heterocycles. The molecule has 0 aliphatic rings. The molecule has 0 amide bonds. The summed E-state index contributed by atoms with van der Waals surface area (Å²) in [5.74, 6) is 1.62. The van der Waals surface area contributed by atoms with Crippen LogP contribution in [-0.2, 0) is 6.54 Å².